The molecule has 3 aromatic carbocycles. The van der Waals surface area contributed by atoms with E-state index in [1.165, 1.54) is 16.7 Å². The molecule has 182 valence electrons. The summed E-state index contributed by atoms with van der Waals surface area (Å²) < 4.78 is 0. The summed E-state index contributed by atoms with van der Waals surface area (Å²) in [4.78, 5) is 2.64. The van der Waals surface area contributed by atoms with Gasteiger partial charge in [0.15, 0.2) is 0 Å². The van der Waals surface area contributed by atoms with Crippen LogP contribution in [0.5, 0.6) is 0 Å². The van der Waals surface area contributed by atoms with Gasteiger partial charge in [0.25, 0.3) is 0 Å². The lowest BCUT2D eigenvalue weighted by Crippen LogP contribution is -2.51. The van der Waals surface area contributed by atoms with E-state index in [1.54, 1.807) is 0 Å². The van der Waals surface area contributed by atoms with Gasteiger partial charge in [0, 0.05) is 37.8 Å². The molecule has 0 saturated heterocycles. The van der Waals surface area contributed by atoms with Gasteiger partial charge >= 0.3 is 0 Å². The molecule has 3 N–H and O–H groups in total. The fourth-order valence-corrected chi connectivity index (χ4v) is 4.63. The van der Waals surface area contributed by atoms with Gasteiger partial charge in [-0.25, -0.2) is 0 Å². The molecule has 3 rings (SSSR count). The van der Waals surface area contributed by atoms with Crippen molar-refractivity contribution < 1.29 is 0 Å². The van der Waals surface area contributed by atoms with Crippen molar-refractivity contribution in [3.63, 3.8) is 0 Å². The maximum absolute atomic E-state index is 3.58. The highest BCUT2D eigenvalue weighted by Gasteiger charge is 2.21. The molecule has 0 aromatic heterocycles. The van der Waals surface area contributed by atoms with E-state index >= 15 is 0 Å². The molecular formula is C30H42N4. The standard InChI is InChI=1S/C30H42N4/c1-31-28(19-25-13-7-4-8-14-25)22-34(23-29(32-2)20-26-15-9-5-10-16-26)24-30(33-3)21-27-17-11-6-12-18-27/h4-18,28-33H,19-24H2,1-3H3/t28-,29-,30-/m0/s1. The molecule has 0 spiro atoms. The summed E-state index contributed by atoms with van der Waals surface area (Å²) in [6, 6.07) is 33.6. The summed E-state index contributed by atoms with van der Waals surface area (Å²) in [6.45, 7) is 3.02. The van der Waals surface area contributed by atoms with E-state index in [1.807, 2.05) is 0 Å². The van der Waals surface area contributed by atoms with Crippen molar-refractivity contribution in [2.45, 2.75) is 37.4 Å². The van der Waals surface area contributed by atoms with Crippen LogP contribution in [0.2, 0.25) is 0 Å². The first-order valence-corrected chi connectivity index (χ1v) is 12.6. The Hall–Kier alpha value is -2.50. The van der Waals surface area contributed by atoms with Crippen LogP contribution in [0.25, 0.3) is 0 Å². The molecule has 3 aromatic rings. The van der Waals surface area contributed by atoms with Gasteiger partial charge in [-0.05, 0) is 57.1 Å². The summed E-state index contributed by atoms with van der Waals surface area (Å²) in [5.74, 6) is 0. The molecule has 0 aliphatic heterocycles. The summed E-state index contributed by atoms with van der Waals surface area (Å²) in [5, 5.41) is 10.7. The summed E-state index contributed by atoms with van der Waals surface area (Å²) in [6.07, 6.45) is 3.08. The van der Waals surface area contributed by atoms with Gasteiger partial charge in [-0.1, -0.05) is 91.0 Å². The molecule has 4 nitrogen and oxygen atoms in total. The Labute approximate surface area is 206 Å². The van der Waals surface area contributed by atoms with Gasteiger partial charge in [0.05, 0.1) is 0 Å². The lowest BCUT2D eigenvalue weighted by atomic mass is 10.0. The second-order valence-corrected chi connectivity index (χ2v) is 9.24. The van der Waals surface area contributed by atoms with Crippen LogP contribution in [0, 0.1) is 0 Å². The number of benzene rings is 3. The minimum Gasteiger partial charge on any atom is -0.315 e. The SMILES string of the molecule is CN[C@@H](Cc1ccccc1)CN(C[C@H](Cc1ccccc1)NC)C[C@H](Cc1ccccc1)NC. The quantitative estimate of drug-likeness (QED) is 0.324. The van der Waals surface area contributed by atoms with Crippen molar-refractivity contribution >= 4 is 0 Å². The fourth-order valence-electron chi connectivity index (χ4n) is 4.63. The Balaban J connectivity index is 1.71. The first-order valence-electron chi connectivity index (χ1n) is 12.6. The van der Waals surface area contributed by atoms with Crippen LogP contribution >= 0.6 is 0 Å². The van der Waals surface area contributed by atoms with Gasteiger partial charge in [0.2, 0.25) is 0 Å². The van der Waals surface area contributed by atoms with E-state index in [9.17, 15) is 0 Å². The van der Waals surface area contributed by atoms with Gasteiger partial charge in [-0.3, -0.25) is 4.90 Å². The number of rotatable bonds is 15. The van der Waals surface area contributed by atoms with Crippen molar-refractivity contribution in [3.8, 4) is 0 Å². The zero-order chi connectivity index (χ0) is 24.0. The average Bonchev–Trinajstić information content (AvgIpc) is 2.89. The third-order valence-corrected chi connectivity index (χ3v) is 6.64. The van der Waals surface area contributed by atoms with E-state index in [0.717, 1.165) is 38.9 Å². The molecule has 0 aliphatic rings. The van der Waals surface area contributed by atoms with E-state index in [-0.39, 0.29) is 0 Å². The highest BCUT2D eigenvalue weighted by molar-refractivity contribution is 5.18. The van der Waals surface area contributed by atoms with Crippen LogP contribution in [-0.4, -0.2) is 63.8 Å². The lowest BCUT2D eigenvalue weighted by Gasteiger charge is -2.33. The minimum atomic E-state index is 0.394. The zero-order valence-corrected chi connectivity index (χ0v) is 21.1. The second-order valence-electron chi connectivity index (χ2n) is 9.24. The van der Waals surface area contributed by atoms with Gasteiger partial charge in [0.1, 0.15) is 0 Å². The Morgan fingerprint density at radius 3 is 0.971 bits per heavy atom. The van der Waals surface area contributed by atoms with Crippen molar-refractivity contribution in [2.24, 2.45) is 0 Å². The molecule has 4 heteroatoms. The van der Waals surface area contributed by atoms with Crippen molar-refractivity contribution in [3.05, 3.63) is 108 Å². The normalized spacial score (nSPS) is 14.1. The molecule has 0 aliphatic carbocycles. The smallest absolute Gasteiger partial charge is 0.0232 e. The highest BCUT2D eigenvalue weighted by Crippen LogP contribution is 2.11. The monoisotopic (exact) mass is 458 g/mol. The molecule has 34 heavy (non-hydrogen) atoms. The predicted molar refractivity (Wildman–Crippen MR) is 145 cm³/mol. The lowest BCUT2D eigenvalue weighted by molar-refractivity contribution is 0.201. The van der Waals surface area contributed by atoms with Gasteiger partial charge in [-0.2, -0.15) is 0 Å². The number of hydrogen-bond donors (Lipinski definition) is 3. The van der Waals surface area contributed by atoms with E-state index in [4.69, 9.17) is 0 Å². The number of hydrogen-bond acceptors (Lipinski definition) is 4. The molecule has 0 saturated carbocycles. The number of nitrogens with one attached hydrogen (secondary N) is 3. The molecular weight excluding hydrogens is 416 g/mol. The topological polar surface area (TPSA) is 39.3 Å². The van der Waals surface area contributed by atoms with Crippen molar-refractivity contribution in [2.75, 3.05) is 40.8 Å². The van der Waals surface area contributed by atoms with Crippen molar-refractivity contribution in [1.29, 1.82) is 0 Å². The van der Waals surface area contributed by atoms with Crippen LogP contribution in [0.4, 0.5) is 0 Å². The molecule has 0 amide bonds. The largest absolute Gasteiger partial charge is 0.315 e. The molecule has 0 fully saturated rings. The highest BCUT2D eigenvalue weighted by atomic mass is 15.2. The zero-order valence-electron chi connectivity index (χ0n) is 21.1. The molecule has 3 atom stereocenters. The Morgan fingerprint density at radius 2 is 0.735 bits per heavy atom. The Morgan fingerprint density at radius 1 is 0.471 bits per heavy atom. The van der Waals surface area contributed by atoms with Crippen LogP contribution < -0.4 is 16.0 Å². The maximum Gasteiger partial charge on any atom is 0.0232 e. The molecule has 0 radical (unpaired) electrons. The van der Waals surface area contributed by atoms with E-state index in [0.29, 0.717) is 18.1 Å². The first kappa shape index (κ1) is 26.1. The summed E-state index contributed by atoms with van der Waals surface area (Å²) >= 11 is 0. The molecule has 0 bridgehead atoms. The second kappa shape index (κ2) is 14.7. The molecule has 0 unspecified atom stereocenters. The molecule has 0 heterocycles. The number of likely N-dealkylation sites (N-methyl/N-ethyl adjacent to an activating group) is 3. The predicted octanol–water partition coefficient (Wildman–Crippen LogP) is 3.78. The third kappa shape index (κ3) is 9.03. The van der Waals surface area contributed by atoms with E-state index < -0.39 is 0 Å². The van der Waals surface area contributed by atoms with Crippen molar-refractivity contribution in [1.82, 2.24) is 20.9 Å². The minimum absolute atomic E-state index is 0.394. The maximum atomic E-state index is 3.58. The third-order valence-electron chi connectivity index (χ3n) is 6.64. The Kier molecular flexibility index (Phi) is 11.3. The van der Waals surface area contributed by atoms with Crippen LogP contribution in [0.1, 0.15) is 16.7 Å². The number of nitrogens with zero attached hydrogens (tertiary/aromatic N) is 1. The average molecular weight is 459 g/mol. The van der Waals surface area contributed by atoms with Crippen LogP contribution in [-0.2, 0) is 19.3 Å². The van der Waals surface area contributed by atoms with Crippen LogP contribution in [0.3, 0.4) is 0 Å². The van der Waals surface area contributed by atoms with Gasteiger partial charge in [-0.15, -0.1) is 0 Å². The first-order chi connectivity index (χ1) is 16.7. The summed E-state index contributed by atoms with van der Waals surface area (Å²) in [7, 11) is 6.26. The fraction of sp³-hybridized carbons (Fsp3) is 0.400. The Bertz CT molecular complexity index is 778. The summed E-state index contributed by atoms with van der Waals surface area (Å²) in [5.41, 5.74) is 4.14. The van der Waals surface area contributed by atoms with E-state index in [2.05, 4.69) is 133 Å². The van der Waals surface area contributed by atoms with Crippen LogP contribution in [0.15, 0.2) is 91.0 Å². The van der Waals surface area contributed by atoms with Gasteiger partial charge < -0.3 is 16.0 Å².